The second kappa shape index (κ2) is 6.41. The highest BCUT2D eigenvalue weighted by Gasteiger charge is 2.10. The quantitative estimate of drug-likeness (QED) is 0.345. The van der Waals surface area contributed by atoms with Gasteiger partial charge in [0, 0.05) is 15.6 Å². The van der Waals surface area contributed by atoms with E-state index in [0.29, 0.717) is 16.8 Å². The number of nitrogens with two attached hydrogens (primary N) is 1. The summed E-state index contributed by atoms with van der Waals surface area (Å²) in [5, 5.41) is 14.4. The topological polar surface area (TPSA) is 87.7 Å². The third-order valence-corrected chi connectivity index (χ3v) is 3.56. The Kier molecular flexibility index (Phi) is 4.59. The summed E-state index contributed by atoms with van der Waals surface area (Å²) in [5.74, 6) is -0.312. The maximum atomic E-state index is 12.2. The van der Waals surface area contributed by atoms with Gasteiger partial charge >= 0.3 is 0 Å². The number of anilines is 1. The van der Waals surface area contributed by atoms with E-state index in [9.17, 15) is 4.79 Å². The molecule has 108 valence electrons. The summed E-state index contributed by atoms with van der Waals surface area (Å²) in [6, 6.07) is 12.2. The van der Waals surface area contributed by atoms with Gasteiger partial charge in [-0.3, -0.25) is 4.79 Å². The maximum absolute atomic E-state index is 12.2. The first-order chi connectivity index (χ1) is 10.0. The van der Waals surface area contributed by atoms with Crippen LogP contribution in [0.5, 0.6) is 0 Å². The molecule has 6 heteroatoms. The van der Waals surface area contributed by atoms with Crippen molar-refractivity contribution in [1.82, 2.24) is 0 Å². The van der Waals surface area contributed by atoms with Crippen LogP contribution in [0.4, 0.5) is 5.69 Å². The largest absolute Gasteiger partial charge is 0.409 e. The minimum Gasteiger partial charge on any atom is -0.409 e. The van der Waals surface area contributed by atoms with Gasteiger partial charge in [-0.1, -0.05) is 23.4 Å². The number of halogens is 1. The molecule has 5 nitrogen and oxygen atoms in total. The molecule has 0 fully saturated rings. The van der Waals surface area contributed by atoms with Crippen molar-refractivity contribution in [3.8, 4) is 0 Å². The number of hydrogen-bond acceptors (Lipinski definition) is 3. The summed E-state index contributed by atoms with van der Waals surface area (Å²) in [5.41, 5.74) is 8.19. The van der Waals surface area contributed by atoms with Gasteiger partial charge in [0.25, 0.3) is 5.91 Å². The van der Waals surface area contributed by atoms with Gasteiger partial charge in [0.15, 0.2) is 5.84 Å². The van der Waals surface area contributed by atoms with E-state index in [1.165, 1.54) is 0 Å². The molecular weight excluding hydrogens is 334 g/mol. The number of amidine groups is 1. The smallest absolute Gasteiger partial charge is 0.255 e. The van der Waals surface area contributed by atoms with Crippen LogP contribution in [0.15, 0.2) is 52.1 Å². The Labute approximate surface area is 130 Å². The number of amides is 1. The Morgan fingerprint density at radius 2 is 1.95 bits per heavy atom. The van der Waals surface area contributed by atoms with E-state index < -0.39 is 0 Å². The van der Waals surface area contributed by atoms with Gasteiger partial charge in [-0.05, 0) is 52.7 Å². The molecule has 21 heavy (non-hydrogen) atoms. The van der Waals surface area contributed by atoms with Crippen LogP contribution in [-0.4, -0.2) is 17.0 Å². The fraction of sp³-hybridized carbons (Fsp3) is 0.0667. The van der Waals surface area contributed by atoms with Crippen molar-refractivity contribution in [1.29, 1.82) is 0 Å². The molecule has 0 radical (unpaired) electrons. The predicted molar refractivity (Wildman–Crippen MR) is 85.8 cm³/mol. The number of rotatable bonds is 3. The molecule has 0 unspecified atom stereocenters. The second-order valence-corrected chi connectivity index (χ2v) is 5.36. The molecule has 2 aromatic rings. The zero-order valence-electron chi connectivity index (χ0n) is 11.3. The average Bonchev–Trinajstić information content (AvgIpc) is 2.49. The second-order valence-electron chi connectivity index (χ2n) is 4.50. The maximum Gasteiger partial charge on any atom is 0.255 e. The van der Waals surface area contributed by atoms with E-state index in [1.807, 2.05) is 25.1 Å². The third kappa shape index (κ3) is 3.61. The zero-order valence-corrected chi connectivity index (χ0v) is 12.9. The highest BCUT2D eigenvalue weighted by atomic mass is 79.9. The van der Waals surface area contributed by atoms with Crippen LogP contribution in [-0.2, 0) is 0 Å². The fourth-order valence-electron chi connectivity index (χ4n) is 1.79. The predicted octanol–water partition coefficient (Wildman–Crippen LogP) is 3.10. The molecule has 4 N–H and O–H groups in total. The Balaban J connectivity index is 2.24. The lowest BCUT2D eigenvalue weighted by Crippen LogP contribution is -2.16. The van der Waals surface area contributed by atoms with E-state index in [2.05, 4.69) is 26.4 Å². The summed E-state index contributed by atoms with van der Waals surface area (Å²) in [6.07, 6.45) is 0. The van der Waals surface area contributed by atoms with Crippen LogP contribution >= 0.6 is 15.9 Å². The number of hydrogen-bond donors (Lipinski definition) is 3. The number of carbonyl (C=O) groups excluding carboxylic acids is 1. The minimum absolute atomic E-state index is 0.0406. The van der Waals surface area contributed by atoms with Crippen molar-refractivity contribution < 1.29 is 10.0 Å². The highest BCUT2D eigenvalue weighted by Crippen LogP contribution is 2.24. The molecule has 0 bridgehead atoms. The Bertz CT molecular complexity index is 714. The lowest BCUT2D eigenvalue weighted by Gasteiger charge is -2.09. The first-order valence-electron chi connectivity index (χ1n) is 6.16. The number of benzene rings is 2. The number of aryl methyl sites for hydroxylation is 1. The standard InChI is InChI=1S/C15H14BrN3O2/c1-9-5-6-13(12(16)7-9)18-15(20)11-4-2-3-10(8-11)14(17)19-21/h2-8,21H,1H3,(H2,17,19)(H,18,20). The molecule has 0 aromatic heterocycles. The van der Waals surface area contributed by atoms with E-state index in [1.54, 1.807) is 24.3 Å². The van der Waals surface area contributed by atoms with Crippen LogP contribution < -0.4 is 11.1 Å². The van der Waals surface area contributed by atoms with Gasteiger partial charge in [-0.2, -0.15) is 0 Å². The fourth-order valence-corrected chi connectivity index (χ4v) is 2.39. The molecule has 0 spiro atoms. The molecule has 0 saturated heterocycles. The average molecular weight is 348 g/mol. The molecule has 0 atom stereocenters. The molecule has 1 amide bonds. The Morgan fingerprint density at radius 3 is 2.62 bits per heavy atom. The summed E-state index contributed by atoms with van der Waals surface area (Å²) in [7, 11) is 0. The first-order valence-corrected chi connectivity index (χ1v) is 6.96. The van der Waals surface area contributed by atoms with Crippen molar-refractivity contribution in [2.75, 3.05) is 5.32 Å². The van der Waals surface area contributed by atoms with Gasteiger partial charge < -0.3 is 16.3 Å². The van der Waals surface area contributed by atoms with Crippen LogP contribution in [0.3, 0.4) is 0 Å². The van der Waals surface area contributed by atoms with Crippen molar-refractivity contribution >= 4 is 33.4 Å². The number of carbonyl (C=O) groups is 1. The number of nitrogens with zero attached hydrogens (tertiary/aromatic N) is 1. The SMILES string of the molecule is Cc1ccc(NC(=O)c2cccc(/C(N)=N/O)c2)c(Br)c1. The van der Waals surface area contributed by atoms with E-state index in [-0.39, 0.29) is 11.7 Å². The van der Waals surface area contributed by atoms with Gasteiger partial charge in [0.05, 0.1) is 5.69 Å². The van der Waals surface area contributed by atoms with Crippen molar-refractivity contribution in [2.24, 2.45) is 10.9 Å². The number of nitrogens with one attached hydrogen (secondary N) is 1. The summed E-state index contributed by atoms with van der Waals surface area (Å²) in [4.78, 5) is 12.2. The monoisotopic (exact) mass is 347 g/mol. The summed E-state index contributed by atoms with van der Waals surface area (Å²) >= 11 is 3.41. The van der Waals surface area contributed by atoms with Crippen molar-refractivity contribution in [3.63, 3.8) is 0 Å². The third-order valence-electron chi connectivity index (χ3n) is 2.90. The highest BCUT2D eigenvalue weighted by molar-refractivity contribution is 9.10. The van der Waals surface area contributed by atoms with E-state index in [4.69, 9.17) is 10.9 Å². The zero-order chi connectivity index (χ0) is 15.4. The molecular formula is C15H14BrN3O2. The van der Waals surface area contributed by atoms with E-state index >= 15 is 0 Å². The number of oxime groups is 1. The van der Waals surface area contributed by atoms with Gasteiger partial charge in [-0.25, -0.2) is 0 Å². The van der Waals surface area contributed by atoms with Crippen molar-refractivity contribution in [2.45, 2.75) is 6.92 Å². The lowest BCUT2D eigenvalue weighted by molar-refractivity contribution is 0.102. The van der Waals surface area contributed by atoms with Gasteiger partial charge in [0.2, 0.25) is 0 Å². The summed E-state index contributed by atoms with van der Waals surface area (Å²) < 4.78 is 0.809. The van der Waals surface area contributed by atoms with Crippen LogP contribution in [0.2, 0.25) is 0 Å². The summed E-state index contributed by atoms with van der Waals surface area (Å²) in [6.45, 7) is 1.97. The molecule has 2 aromatic carbocycles. The van der Waals surface area contributed by atoms with Gasteiger partial charge in [0.1, 0.15) is 0 Å². The van der Waals surface area contributed by atoms with Crippen molar-refractivity contribution in [3.05, 3.63) is 63.6 Å². The first kappa shape index (κ1) is 15.1. The Morgan fingerprint density at radius 1 is 1.24 bits per heavy atom. The molecule has 0 aliphatic carbocycles. The molecule has 0 aliphatic rings. The molecule has 0 heterocycles. The minimum atomic E-state index is -0.271. The Hall–Kier alpha value is -2.34. The van der Waals surface area contributed by atoms with Crippen LogP contribution in [0.25, 0.3) is 0 Å². The molecule has 2 rings (SSSR count). The van der Waals surface area contributed by atoms with Crippen LogP contribution in [0.1, 0.15) is 21.5 Å². The van der Waals surface area contributed by atoms with Gasteiger partial charge in [-0.15, -0.1) is 0 Å². The normalized spacial score (nSPS) is 11.2. The molecule has 0 saturated carbocycles. The lowest BCUT2D eigenvalue weighted by atomic mass is 10.1. The van der Waals surface area contributed by atoms with Crippen LogP contribution in [0, 0.1) is 6.92 Å². The van der Waals surface area contributed by atoms with E-state index in [0.717, 1.165) is 10.0 Å². The molecule has 0 aliphatic heterocycles.